The van der Waals surface area contributed by atoms with Crippen LogP contribution in [-0.2, 0) is 24.0 Å². The van der Waals surface area contributed by atoms with Crippen LogP contribution < -0.4 is 21.7 Å². The fraction of sp³-hybridized carbons (Fsp3) is 0.714. The molecule has 0 radical (unpaired) electrons. The molecule has 0 aromatic carbocycles. The van der Waals surface area contributed by atoms with Crippen LogP contribution in [0.2, 0.25) is 0 Å². The van der Waals surface area contributed by atoms with E-state index in [2.05, 4.69) is 16.0 Å². The molecule has 0 aromatic heterocycles. The van der Waals surface area contributed by atoms with Crippen molar-refractivity contribution >= 4 is 35.9 Å². The molecule has 1 aliphatic rings. The number of guanidine groups is 1. The summed E-state index contributed by atoms with van der Waals surface area (Å²) in [5, 5.41) is 24.0. The second kappa shape index (κ2) is 14.1. The summed E-state index contributed by atoms with van der Waals surface area (Å²) < 4.78 is 0. The molecule has 1 fully saturated rings. The van der Waals surface area contributed by atoms with E-state index in [1.807, 2.05) is 13.8 Å². The fourth-order valence-corrected chi connectivity index (χ4v) is 3.56. The Morgan fingerprint density at radius 1 is 1.21 bits per heavy atom. The number of carbonyl (C=O) groups is 5. The molecule has 1 heterocycles. The standard InChI is InChI=1S/C21H36N6O6/c1-13(2)7-8-17(29)26-15(11-18(30)31)20(33)27-10-4-6-16(27)19(32)25-14(12-28)5-3-9-24-21(22)23/h12-16H,3-11H2,1-2H3,(H,25,32)(H,26,29)(H,30,31)(H4,22,23,24)/t14-,15-,16-/m0/s1. The van der Waals surface area contributed by atoms with Crippen LogP contribution in [0, 0.1) is 11.3 Å². The van der Waals surface area contributed by atoms with E-state index in [0.29, 0.717) is 44.9 Å². The first kappa shape index (κ1) is 27.9. The Bertz CT molecular complexity index is 728. The molecule has 0 spiro atoms. The van der Waals surface area contributed by atoms with Crippen molar-refractivity contribution in [2.24, 2.45) is 11.7 Å². The van der Waals surface area contributed by atoms with Crippen LogP contribution in [-0.4, -0.2) is 77.2 Å². The van der Waals surface area contributed by atoms with Gasteiger partial charge in [-0.25, -0.2) is 0 Å². The van der Waals surface area contributed by atoms with E-state index in [4.69, 9.17) is 11.1 Å². The molecule has 3 atom stereocenters. The number of aliphatic carboxylic acids is 1. The third kappa shape index (κ3) is 10.3. The van der Waals surface area contributed by atoms with E-state index >= 15 is 0 Å². The number of nitrogens with one attached hydrogen (secondary N) is 4. The molecule has 0 saturated carbocycles. The number of carbonyl (C=O) groups excluding carboxylic acids is 4. The lowest BCUT2D eigenvalue weighted by atomic mass is 10.1. The second-order valence-corrected chi connectivity index (χ2v) is 8.57. The summed E-state index contributed by atoms with van der Waals surface area (Å²) in [6.45, 7) is 4.53. The topological polar surface area (TPSA) is 195 Å². The molecular formula is C21H36N6O6. The van der Waals surface area contributed by atoms with E-state index in [0.717, 1.165) is 0 Å². The van der Waals surface area contributed by atoms with Gasteiger partial charge in [-0.05, 0) is 38.0 Å². The largest absolute Gasteiger partial charge is 0.481 e. The smallest absolute Gasteiger partial charge is 0.305 e. The number of likely N-dealkylation sites (tertiary alicyclic amines) is 1. The molecule has 0 aromatic rings. The third-order valence-corrected chi connectivity index (χ3v) is 5.30. The van der Waals surface area contributed by atoms with Crippen LogP contribution in [0.4, 0.5) is 0 Å². The lowest BCUT2D eigenvalue weighted by Gasteiger charge is -2.29. The number of nitrogens with zero attached hydrogens (tertiary/aromatic N) is 1. The van der Waals surface area contributed by atoms with E-state index in [9.17, 15) is 29.1 Å². The molecule has 12 heteroatoms. The molecule has 0 aliphatic carbocycles. The maximum Gasteiger partial charge on any atom is 0.305 e. The van der Waals surface area contributed by atoms with Gasteiger partial charge in [0.05, 0.1) is 12.5 Å². The predicted molar refractivity (Wildman–Crippen MR) is 120 cm³/mol. The first-order valence-electron chi connectivity index (χ1n) is 11.2. The molecule has 7 N–H and O–H groups in total. The zero-order chi connectivity index (χ0) is 25.0. The predicted octanol–water partition coefficient (Wildman–Crippen LogP) is -0.680. The number of nitrogens with two attached hydrogens (primary N) is 1. The summed E-state index contributed by atoms with van der Waals surface area (Å²) in [6, 6.07) is -2.89. The lowest BCUT2D eigenvalue weighted by Crippen LogP contribution is -2.55. The van der Waals surface area contributed by atoms with Crippen molar-refractivity contribution in [3.8, 4) is 0 Å². The van der Waals surface area contributed by atoms with Gasteiger partial charge >= 0.3 is 5.97 Å². The highest BCUT2D eigenvalue weighted by atomic mass is 16.4. The lowest BCUT2D eigenvalue weighted by molar-refractivity contribution is -0.146. The molecule has 0 bridgehead atoms. The summed E-state index contributed by atoms with van der Waals surface area (Å²) in [6.07, 6.45) is 2.51. The van der Waals surface area contributed by atoms with Gasteiger partial charge < -0.3 is 36.5 Å². The Labute approximate surface area is 193 Å². The van der Waals surface area contributed by atoms with Gasteiger partial charge in [0.1, 0.15) is 18.4 Å². The van der Waals surface area contributed by atoms with Gasteiger partial charge in [0, 0.05) is 19.5 Å². The summed E-state index contributed by atoms with van der Waals surface area (Å²) >= 11 is 0. The molecule has 1 saturated heterocycles. The number of hydrogen-bond donors (Lipinski definition) is 6. The first-order valence-corrected chi connectivity index (χ1v) is 11.2. The molecule has 33 heavy (non-hydrogen) atoms. The van der Waals surface area contributed by atoms with Crippen molar-refractivity contribution in [2.75, 3.05) is 13.1 Å². The van der Waals surface area contributed by atoms with Gasteiger partial charge in [-0.15, -0.1) is 0 Å². The molecular weight excluding hydrogens is 432 g/mol. The monoisotopic (exact) mass is 468 g/mol. The van der Waals surface area contributed by atoms with Crippen molar-refractivity contribution < 1.29 is 29.1 Å². The van der Waals surface area contributed by atoms with E-state index in [-0.39, 0.29) is 24.8 Å². The van der Waals surface area contributed by atoms with E-state index in [1.165, 1.54) is 4.90 Å². The number of hydrogen-bond acceptors (Lipinski definition) is 6. The minimum absolute atomic E-state index is 0.171. The van der Waals surface area contributed by atoms with Crippen molar-refractivity contribution in [1.29, 1.82) is 5.41 Å². The summed E-state index contributed by atoms with van der Waals surface area (Å²) in [5.74, 6) is -2.69. The maximum absolute atomic E-state index is 13.1. The van der Waals surface area contributed by atoms with Crippen molar-refractivity contribution in [3.63, 3.8) is 0 Å². The number of aldehydes is 1. The average Bonchev–Trinajstić information content (AvgIpc) is 3.22. The van der Waals surface area contributed by atoms with Gasteiger partial charge in [-0.3, -0.25) is 24.6 Å². The fourth-order valence-electron chi connectivity index (χ4n) is 3.56. The highest BCUT2D eigenvalue weighted by Crippen LogP contribution is 2.20. The Balaban J connectivity index is 2.77. The molecule has 0 unspecified atom stereocenters. The number of amides is 3. The van der Waals surface area contributed by atoms with Crippen LogP contribution >= 0.6 is 0 Å². The second-order valence-electron chi connectivity index (χ2n) is 8.57. The van der Waals surface area contributed by atoms with Gasteiger partial charge in [0.2, 0.25) is 17.7 Å². The molecule has 1 rings (SSSR count). The van der Waals surface area contributed by atoms with Gasteiger partial charge in [0.15, 0.2) is 5.96 Å². The minimum atomic E-state index is -1.27. The van der Waals surface area contributed by atoms with Crippen LogP contribution in [0.5, 0.6) is 0 Å². The highest BCUT2D eigenvalue weighted by molar-refractivity contribution is 5.95. The highest BCUT2D eigenvalue weighted by Gasteiger charge is 2.38. The zero-order valence-electron chi connectivity index (χ0n) is 19.3. The van der Waals surface area contributed by atoms with E-state index in [1.54, 1.807) is 0 Å². The first-order chi connectivity index (χ1) is 15.5. The normalized spacial score (nSPS) is 17.2. The Morgan fingerprint density at radius 2 is 1.91 bits per heavy atom. The van der Waals surface area contributed by atoms with Gasteiger partial charge in [-0.1, -0.05) is 13.8 Å². The van der Waals surface area contributed by atoms with Crippen molar-refractivity contribution in [1.82, 2.24) is 20.9 Å². The van der Waals surface area contributed by atoms with Gasteiger partial charge in [-0.2, -0.15) is 0 Å². The third-order valence-electron chi connectivity index (χ3n) is 5.30. The number of carboxylic acid groups (broad SMARTS) is 1. The average molecular weight is 469 g/mol. The summed E-state index contributed by atoms with van der Waals surface area (Å²) in [7, 11) is 0. The Hall–Kier alpha value is -3.18. The van der Waals surface area contributed by atoms with Crippen LogP contribution in [0.25, 0.3) is 0 Å². The SMILES string of the molecule is CC(C)CCC(=O)N[C@@H](CC(=O)O)C(=O)N1CCC[C@H]1C(=O)N[C@H](C=O)CCCNC(=N)N. The van der Waals surface area contributed by atoms with Crippen LogP contribution in [0.15, 0.2) is 0 Å². The zero-order valence-corrected chi connectivity index (χ0v) is 19.3. The number of rotatable bonds is 14. The van der Waals surface area contributed by atoms with Crippen molar-refractivity contribution in [3.05, 3.63) is 0 Å². The van der Waals surface area contributed by atoms with Crippen molar-refractivity contribution in [2.45, 2.75) is 76.9 Å². The van der Waals surface area contributed by atoms with Crippen LogP contribution in [0.3, 0.4) is 0 Å². The Morgan fingerprint density at radius 3 is 2.48 bits per heavy atom. The summed E-state index contributed by atoms with van der Waals surface area (Å²) in [4.78, 5) is 62.0. The van der Waals surface area contributed by atoms with E-state index < -0.39 is 48.2 Å². The number of carboxylic acids is 1. The summed E-state index contributed by atoms with van der Waals surface area (Å²) in [5.41, 5.74) is 5.20. The van der Waals surface area contributed by atoms with Crippen LogP contribution in [0.1, 0.15) is 58.8 Å². The molecule has 186 valence electrons. The molecule has 1 aliphatic heterocycles. The minimum Gasteiger partial charge on any atom is -0.481 e. The van der Waals surface area contributed by atoms with Gasteiger partial charge in [0.25, 0.3) is 0 Å². The Kier molecular flexibility index (Phi) is 11.9. The molecule has 3 amide bonds. The molecule has 12 nitrogen and oxygen atoms in total. The maximum atomic E-state index is 13.1. The quantitative estimate of drug-likeness (QED) is 0.0834.